The van der Waals surface area contributed by atoms with E-state index in [1.807, 2.05) is 31.2 Å². The molecule has 124 valence electrons. The van der Waals surface area contributed by atoms with Crippen LogP contribution in [0.15, 0.2) is 48.5 Å². The Morgan fingerprint density at radius 2 is 1.54 bits per heavy atom. The Bertz CT molecular complexity index is 717. The molecule has 2 amide bonds. The Morgan fingerprint density at radius 3 is 2.08 bits per heavy atom. The Morgan fingerprint density at radius 1 is 0.958 bits per heavy atom. The molecule has 0 spiro atoms. The molecule has 0 bridgehead atoms. The summed E-state index contributed by atoms with van der Waals surface area (Å²) in [5.74, 6) is 0.347. The van der Waals surface area contributed by atoms with E-state index in [2.05, 4.69) is 6.92 Å². The predicted molar refractivity (Wildman–Crippen MR) is 92.2 cm³/mol. The van der Waals surface area contributed by atoms with E-state index in [1.54, 1.807) is 24.3 Å². The topological polar surface area (TPSA) is 46.6 Å². The second-order valence-corrected chi connectivity index (χ2v) is 5.97. The first kappa shape index (κ1) is 16.2. The van der Waals surface area contributed by atoms with E-state index in [0.717, 1.165) is 24.2 Å². The number of carbonyl (C=O) groups excluding carboxylic acids is 2. The molecule has 0 unspecified atom stereocenters. The van der Waals surface area contributed by atoms with Crippen LogP contribution in [-0.2, 0) is 0 Å². The summed E-state index contributed by atoms with van der Waals surface area (Å²) < 4.78 is 5.65. The van der Waals surface area contributed by atoms with Gasteiger partial charge in [0, 0.05) is 0 Å². The van der Waals surface area contributed by atoms with Gasteiger partial charge in [0.2, 0.25) is 0 Å². The number of benzene rings is 2. The molecule has 1 atom stereocenters. The number of fused-ring (bicyclic) bond motifs is 1. The van der Waals surface area contributed by atoms with Gasteiger partial charge in [0.1, 0.15) is 5.75 Å². The Labute approximate surface area is 142 Å². The summed E-state index contributed by atoms with van der Waals surface area (Å²) in [6.45, 7) is 4.69. The van der Waals surface area contributed by atoms with Crippen LogP contribution < -0.4 is 4.74 Å². The van der Waals surface area contributed by atoms with Crippen molar-refractivity contribution in [3.8, 4) is 5.75 Å². The lowest BCUT2D eigenvalue weighted by Gasteiger charge is -2.23. The molecule has 1 aliphatic heterocycles. The van der Waals surface area contributed by atoms with Gasteiger partial charge < -0.3 is 4.74 Å². The summed E-state index contributed by atoms with van der Waals surface area (Å²) in [4.78, 5) is 26.4. The van der Waals surface area contributed by atoms with Crippen molar-refractivity contribution in [2.45, 2.75) is 32.7 Å². The minimum atomic E-state index is -0.318. The first-order chi connectivity index (χ1) is 11.6. The molecule has 0 N–H and O–H groups in total. The molecule has 0 aromatic heterocycles. The maximum atomic E-state index is 12.5. The van der Waals surface area contributed by atoms with Crippen LogP contribution in [0.5, 0.6) is 5.75 Å². The molecular formula is C20H21NO3. The van der Waals surface area contributed by atoms with Crippen LogP contribution in [0, 0.1) is 0 Å². The van der Waals surface area contributed by atoms with Crippen molar-refractivity contribution in [2.75, 3.05) is 6.61 Å². The van der Waals surface area contributed by atoms with Crippen LogP contribution in [0.1, 0.15) is 59.0 Å². The van der Waals surface area contributed by atoms with Crippen LogP contribution in [0.25, 0.3) is 0 Å². The van der Waals surface area contributed by atoms with Gasteiger partial charge in [0.05, 0.1) is 23.8 Å². The van der Waals surface area contributed by atoms with E-state index in [4.69, 9.17) is 4.74 Å². The van der Waals surface area contributed by atoms with Crippen LogP contribution in [0.2, 0.25) is 0 Å². The molecule has 0 radical (unpaired) electrons. The number of ether oxygens (including phenoxy) is 1. The Hall–Kier alpha value is -2.62. The number of unbranched alkanes of at least 4 members (excludes halogenated alkanes) is 1. The molecule has 0 saturated heterocycles. The highest BCUT2D eigenvalue weighted by Crippen LogP contribution is 2.31. The molecule has 0 saturated carbocycles. The lowest BCUT2D eigenvalue weighted by Crippen LogP contribution is -2.32. The molecular weight excluding hydrogens is 302 g/mol. The number of amides is 2. The van der Waals surface area contributed by atoms with Gasteiger partial charge in [0.15, 0.2) is 0 Å². The number of hydrogen-bond donors (Lipinski definition) is 0. The largest absolute Gasteiger partial charge is 0.494 e. The summed E-state index contributed by atoms with van der Waals surface area (Å²) in [5, 5.41) is 0. The average Bonchev–Trinajstić information content (AvgIpc) is 2.87. The van der Waals surface area contributed by atoms with Gasteiger partial charge >= 0.3 is 0 Å². The van der Waals surface area contributed by atoms with Gasteiger partial charge in [-0.25, -0.2) is 0 Å². The van der Waals surface area contributed by atoms with Crippen molar-refractivity contribution in [1.82, 2.24) is 4.90 Å². The molecule has 0 aliphatic carbocycles. The minimum absolute atomic E-state index is 0.230. The number of rotatable bonds is 6. The number of carbonyl (C=O) groups is 2. The lowest BCUT2D eigenvalue weighted by atomic mass is 10.1. The third-order valence-corrected chi connectivity index (χ3v) is 4.34. The molecule has 0 fully saturated rings. The fourth-order valence-corrected chi connectivity index (χ4v) is 2.89. The van der Waals surface area contributed by atoms with Crippen molar-refractivity contribution in [1.29, 1.82) is 0 Å². The standard InChI is InChI=1S/C20H21NO3/c1-3-4-13-24-16-11-9-15(10-12-16)14(2)21-19(22)17-7-5-6-8-18(17)20(21)23/h5-12,14H,3-4,13H2,1-2H3/t14-/m0/s1. The zero-order chi connectivity index (χ0) is 17.1. The van der Waals surface area contributed by atoms with Crippen molar-refractivity contribution < 1.29 is 14.3 Å². The SMILES string of the molecule is CCCCOc1ccc([C@H](C)N2C(=O)c3ccccc3C2=O)cc1. The van der Waals surface area contributed by atoms with Crippen molar-refractivity contribution in [3.05, 3.63) is 65.2 Å². The quantitative estimate of drug-likeness (QED) is 0.590. The van der Waals surface area contributed by atoms with E-state index in [-0.39, 0.29) is 17.9 Å². The Balaban J connectivity index is 1.76. The average molecular weight is 323 g/mol. The fraction of sp³-hybridized carbons (Fsp3) is 0.300. The highest BCUT2D eigenvalue weighted by molar-refractivity contribution is 6.21. The van der Waals surface area contributed by atoms with Gasteiger partial charge in [0.25, 0.3) is 11.8 Å². The second-order valence-electron chi connectivity index (χ2n) is 5.97. The van der Waals surface area contributed by atoms with Gasteiger partial charge in [-0.15, -0.1) is 0 Å². The minimum Gasteiger partial charge on any atom is -0.494 e. The summed E-state index contributed by atoms with van der Waals surface area (Å²) in [6, 6.07) is 14.2. The normalized spacial score (nSPS) is 14.7. The summed E-state index contributed by atoms with van der Waals surface area (Å²) >= 11 is 0. The molecule has 4 heteroatoms. The van der Waals surface area contributed by atoms with E-state index in [9.17, 15) is 9.59 Å². The summed E-state index contributed by atoms with van der Waals surface area (Å²) in [7, 11) is 0. The van der Waals surface area contributed by atoms with Crippen molar-refractivity contribution in [3.63, 3.8) is 0 Å². The monoisotopic (exact) mass is 323 g/mol. The van der Waals surface area contributed by atoms with Gasteiger partial charge in [-0.2, -0.15) is 0 Å². The number of hydrogen-bond acceptors (Lipinski definition) is 3. The summed E-state index contributed by atoms with van der Waals surface area (Å²) in [5.41, 5.74) is 1.87. The zero-order valence-corrected chi connectivity index (χ0v) is 14.0. The molecule has 3 rings (SSSR count). The maximum Gasteiger partial charge on any atom is 0.262 e. The predicted octanol–water partition coefficient (Wildman–Crippen LogP) is 4.22. The van der Waals surface area contributed by atoms with Crippen LogP contribution >= 0.6 is 0 Å². The maximum absolute atomic E-state index is 12.5. The highest BCUT2D eigenvalue weighted by atomic mass is 16.5. The second kappa shape index (κ2) is 6.87. The number of imide groups is 1. The van der Waals surface area contributed by atoms with Gasteiger partial charge in [-0.3, -0.25) is 14.5 Å². The van der Waals surface area contributed by atoms with E-state index in [1.165, 1.54) is 4.90 Å². The molecule has 2 aromatic rings. The van der Waals surface area contributed by atoms with E-state index in [0.29, 0.717) is 17.7 Å². The molecule has 2 aromatic carbocycles. The van der Waals surface area contributed by atoms with Gasteiger partial charge in [-0.05, 0) is 43.2 Å². The van der Waals surface area contributed by atoms with Crippen LogP contribution in [0.3, 0.4) is 0 Å². The first-order valence-corrected chi connectivity index (χ1v) is 8.33. The molecule has 1 heterocycles. The highest BCUT2D eigenvalue weighted by Gasteiger charge is 2.38. The van der Waals surface area contributed by atoms with Crippen LogP contribution in [0.4, 0.5) is 0 Å². The molecule has 24 heavy (non-hydrogen) atoms. The fourth-order valence-electron chi connectivity index (χ4n) is 2.89. The third-order valence-electron chi connectivity index (χ3n) is 4.34. The number of nitrogens with zero attached hydrogens (tertiary/aromatic N) is 1. The van der Waals surface area contributed by atoms with Crippen LogP contribution in [-0.4, -0.2) is 23.3 Å². The smallest absolute Gasteiger partial charge is 0.262 e. The first-order valence-electron chi connectivity index (χ1n) is 8.33. The zero-order valence-electron chi connectivity index (χ0n) is 14.0. The third kappa shape index (κ3) is 2.92. The lowest BCUT2D eigenvalue weighted by molar-refractivity contribution is 0.0595. The molecule has 4 nitrogen and oxygen atoms in total. The molecule has 1 aliphatic rings. The van der Waals surface area contributed by atoms with Crippen molar-refractivity contribution >= 4 is 11.8 Å². The van der Waals surface area contributed by atoms with E-state index >= 15 is 0 Å². The van der Waals surface area contributed by atoms with Crippen molar-refractivity contribution in [2.24, 2.45) is 0 Å². The van der Waals surface area contributed by atoms with Gasteiger partial charge in [-0.1, -0.05) is 37.6 Å². The summed E-state index contributed by atoms with van der Waals surface area (Å²) in [6.07, 6.45) is 2.11. The Kier molecular flexibility index (Phi) is 4.65. The van der Waals surface area contributed by atoms with E-state index < -0.39 is 0 Å².